The van der Waals surface area contributed by atoms with E-state index in [-0.39, 0.29) is 43.8 Å². The molecule has 6 nitrogen and oxygen atoms in total. The van der Waals surface area contributed by atoms with Crippen LogP contribution in [0, 0.1) is 5.92 Å². The van der Waals surface area contributed by atoms with E-state index in [2.05, 4.69) is 5.32 Å². The quantitative estimate of drug-likeness (QED) is 0.330. The number of halogens is 3. The van der Waals surface area contributed by atoms with Crippen LogP contribution in [0.5, 0.6) is 0 Å². The smallest absolute Gasteiger partial charge is 0.419 e. The first-order valence-electron chi connectivity index (χ1n) is 14.0. The summed E-state index contributed by atoms with van der Waals surface area (Å²) in [6.45, 7) is 13.3. The lowest BCUT2D eigenvalue weighted by molar-refractivity contribution is -0.271. The highest BCUT2D eigenvalue weighted by Gasteiger charge is 2.43. The number of carbonyl (C=O) groups excluding carboxylic acids is 1. The molecule has 0 radical (unpaired) electrons. The van der Waals surface area contributed by atoms with E-state index in [0.717, 1.165) is 5.56 Å². The van der Waals surface area contributed by atoms with Crippen LogP contribution in [0.15, 0.2) is 53.3 Å². The number of carbonyl (C=O) groups is 1. The average molecular weight is 568 g/mol. The molecule has 0 aromatic heterocycles. The summed E-state index contributed by atoms with van der Waals surface area (Å²) in [5.74, 6) is -0.834. The molecule has 224 valence electrons. The van der Waals surface area contributed by atoms with Crippen LogP contribution in [0.4, 0.5) is 18.0 Å². The summed E-state index contributed by atoms with van der Waals surface area (Å²) < 4.78 is 65.3. The summed E-state index contributed by atoms with van der Waals surface area (Å²) in [5.41, 5.74) is -0.608. The lowest BCUT2D eigenvalue weighted by Gasteiger charge is -2.44. The van der Waals surface area contributed by atoms with Gasteiger partial charge in [0.15, 0.2) is 5.79 Å². The molecule has 0 bridgehead atoms. The maximum absolute atomic E-state index is 14.1. The van der Waals surface area contributed by atoms with Gasteiger partial charge in [0.1, 0.15) is 11.4 Å². The predicted octanol–water partition coefficient (Wildman–Crippen LogP) is 7.81. The average Bonchev–Trinajstić information content (AvgIpc) is 2.84. The molecule has 40 heavy (non-hydrogen) atoms. The number of alkyl carbamates (subject to hydrolysis) is 1. The topological polar surface area (TPSA) is 66.0 Å². The number of nitrogens with one attached hydrogen (secondary N) is 1. The third-order valence-electron chi connectivity index (χ3n) is 7.31. The normalized spacial score (nSPS) is 21.9. The number of ether oxygens (including phenoxy) is 4. The zero-order valence-electron chi connectivity index (χ0n) is 24.7. The van der Waals surface area contributed by atoms with Crippen molar-refractivity contribution in [1.82, 2.24) is 5.32 Å². The summed E-state index contributed by atoms with van der Waals surface area (Å²) in [5, 5.41) is 2.89. The van der Waals surface area contributed by atoms with Gasteiger partial charge in [0.05, 0.1) is 30.9 Å². The maximum Gasteiger partial charge on any atom is 0.419 e. The molecule has 0 saturated carbocycles. The van der Waals surface area contributed by atoms with Crippen LogP contribution in [-0.2, 0) is 18.9 Å². The van der Waals surface area contributed by atoms with Crippen molar-refractivity contribution < 1.29 is 36.9 Å². The monoisotopic (exact) mass is 567 g/mol. The first-order valence-corrected chi connectivity index (χ1v) is 14.0. The number of hydrogen-bond donors (Lipinski definition) is 1. The van der Waals surface area contributed by atoms with Crippen LogP contribution >= 0.6 is 0 Å². The van der Waals surface area contributed by atoms with Crippen molar-refractivity contribution in [2.24, 2.45) is 5.92 Å². The summed E-state index contributed by atoms with van der Waals surface area (Å²) in [6.07, 6.45) is -2.53. The van der Waals surface area contributed by atoms with Gasteiger partial charge in [0.25, 0.3) is 0 Å². The lowest BCUT2D eigenvalue weighted by Crippen LogP contribution is -2.61. The van der Waals surface area contributed by atoms with Gasteiger partial charge in [0.2, 0.25) is 0 Å². The van der Waals surface area contributed by atoms with Crippen molar-refractivity contribution in [2.45, 2.75) is 103 Å². The van der Waals surface area contributed by atoms with Crippen LogP contribution in [0.2, 0.25) is 0 Å². The summed E-state index contributed by atoms with van der Waals surface area (Å²) in [7, 11) is 0. The third kappa shape index (κ3) is 9.26. The molecule has 3 rings (SSSR count). The summed E-state index contributed by atoms with van der Waals surface area (Å²) in [4.78, 5) is 12.6. The van der Waals surface area contributed by atoms with Crippen molar-refractivity contribution in [3.05, 3.63) is 58.9 Å². The molecule has 2 aliphatic rings. The molecule has 9 heteroatoms. The number of amides is 1. The van der Waals surface area contributed by atoms with Crippen molar-refractivity contribution in [3.63, 3.8) is 0 Å². The molecule has 2 unspecified atom stereocenters. The minimum absolute atomic E-state index is 0.0170. The van der Waals surface area contributed by atoms with Gasteiger partial charge in [-0.15, -0.1) is 0 Å². The van der Waals surface area contributed by atoms with Crippen LogP contribution in [0.1, 0.15) is 85.6 Å². The van der Waals surface area contributed by atoms with E-state index in [0.29, 0.717) is 24.8 Å². The number of allylic oxidation sites excluding steroid dienone is 4. The molecule has 1 amide bonds. The second-order valence-electron chi connectivity index (χ2n) is 12.5. The molecule has 0 spiro atoms. The standard InChI is InChI=1S/C31H44F3NO5/c1-21(23-11-9-8-10-12-23)14-16-37-26-17-22(2)24(18-25(26)31(32,33)34)13-15-30(19-38-29(6,7)39-20-30)35-27(36)40-28(3,4)5/h8-12,18,21-22H,13-17,19-20H2,1-7H3,(H,35,36). The molecular formula is C31H44F3NO5. The summed E-state index contributed by atoms with van der Waals surface area (Å²) >= 11 is 0. The molecule has 1 saturated heterocycles. The highest BCUT2D eigenvalue weighted by molar-refractivity contribution is 5.69. The molecule has 1 fully saturated rings. The molecule has 1 N–H and O–H groups in total. The van der Waals surface area contributed by atoms with Crippen LogP contribution in [0.25, 0.3) is 0 Å². The Morgan fingerprint density at radius 2 is 1.75 bits per heavy atom. The Hall–Kier alpha value is -2.52. The Balaban J connectivity index is 1.74. The van der Waals surface area contributed by atoms with E-state index < -0.39 is 34.8 Å². The number of hydrogen-bond acceptors (Lipinski definition) is 5. The summed E-state index contributed by atoms with van der Waals surface area (Å²) in [6, 6.07) is 9.86. The third-order valence-corrected chi connectivity index (χ3v) is 7.31. The second-order valence-corrected chi connectivity index (χ2v) is 12.5. The van der Waals surface area contributed by atoms with Crippen molar-refractivity contribution in [3.8, 4) is 0 Å². The molecule has 1 aromatic rings. The van der Waals surface area contributed by atoms with Gasteiger partial charge >= 0.3 is 12.3 Å². The molecule has 1 aliphatic heterocycles. The van der Waals surface area contributed by atoms with Gasteiger partial charge in [-0.1, -0.05) is 49.8 Å². The van der Waals surface area contributed by atoms with Crippen molar-refractivity contribution in [1.29, 1.82) is 0 Å². The van der Waals surface area contributed by atoms with Gasteiger partial charge < -0.3 is 24.3 Å². The SMILES string of the molecule is CC1CC(OCCC(C)c2ccccc2)=C(C(F)(F)F)C=C1CCC1(NC(=O)OC(C)(C)C)COC(C)(C)OC1. The second kappa shape index (κ2) is 12.6. The van der Waals surface area contributed by atoms with Gasteiger partial charge in [-0.05, 0) is 77.4 Å². The van der Waals surface area contributed by atoms with Gasteiger partial charge in [0, 0.05) is 6.42 Å². The number of alkyl halides is 3. The first-order chi connectivity index (χ1) is 18.5. The highest BCUT2D eigenvalue weighted by atomic mass is 19.4. The Kier molecular flexibility index (Phi) is 10.0. The maximum atomic E-state index is 14.1. The largest absolute Gasteiger partial charge is 0.497 e. The minimum Gasteiger partial charge on any atom is -0.497 e. The first kappa shape index (κ1) is 32.0. The fourth-order valence-electron chi connectivity index (χ4n) is 4.82. The predicted molar refractivity (Wildman–Crippen MR) is 148 cm³/mol. The van der Waals surface area contributed by atoms with Gasteiger partial charge in [-0.3, -0.25) is 0 Å². The van der Waals surface area contributed by atoms with E-state index in [1.54, 1.807) is 34.6 Å². The van der Waals surface area contributed by atoms with Crippen LogP contribution in [-0.4, -0.2) is 49.0 Å². The Morgan fingerprint density at radius 3 is 2.33 bits per heavy atom. The lowest BCUT2D eigenvalue weighted by atomic mass is 9.82. The molecule has 1 heterocycles. The van der Waals surface area contributed by atoms with Gasteiger partial charge in [-0.25, -0.2) is 4.79 Å². The van der Waals surface area contributed by atoms with E-state index in [1.807, 2.05) is 44.2 Å². The van der Waals surface area contributed by atoms with Crippen molar-refractivity contribution >= 4 is 6.09 Å². The zero-order chi connectivity index (χ0) is 29.8. The zero-order valence-corrected chi connectivity index (χ0v) is 24.7. The van der Waals surface area contributed by atoms with Crippen molar-refractivity contribution in [2.75, 3.05) is 19.8 Å². The van der Waals surface area contributed by atoms with E-state index in [9.17, 15) is 18.0 Å². The van der Waals surface area contributed by atoms with Crippen LogP contribution in [0.3, 0.4) is 0 Å². The number of rotatable bonds is 9. The fraction of sp³-hybridized carbons (Fsp3) is 0.645. The Labute approximate surface area is 236 Å². The molecular weight excluding hydrogens is 523 g/mol. The Bertz CT molecular complexity index is 1060. The van der Waals surface area contributed by atoms with E-state index in [1.165, 1.54) is 6.08 Å². The molecule has 2 atom stereocenters. The van der Waals surface area contributed by atoms with E-state index in [4.69, 9.17) is 18.9 Å². The fourth-order valence-corrected chi connectivity index (χ4v) is 4.82. The van der Waals surface area contributed by atoms with Crippen LogP contribution < -0.4 is 5.32 Å². The molecule has 1 aliphatic carbocycles. The van der Waals surface area contributed by atoms with E-state index >= 15 is 0 Å². The molecule has 1 aromatic carbocycles. The van der Waals surface area contributed by atoms with Gasteiger partial charge in [-0.2, -0.15) is 13.2 Å². The number of benzene rings is 1. The highest BCUT2D eigenvalue weighted by Crippen LogP contribution is 2.41. The Morgan fingerprint density at radius 1 is 1.12 bits per heavy atom. The minimum atomic E-state index is -4.54.